The van der Waals surface area contributed by atoms with E-state index in [0.717, 1.165) is 43.7 Å². The van der Waals surface area contributed by atoms with Crippen molar-refractivity contribution in [2.45, 2.75) is 38.6 Å². The largest absolute Gasteiger partial charge is 0.493 e. The Bertz CT molecular complexity index is 402. The number of benzene rings is 1. The van der Waals surface area contributed by atoms with Gasteiger partial charge in [0.05, 0.1) is 6.61 Å². The van der Waals surface area contributed by atoms with Crippen LogP contribution in [0, 0.1) is 5.92 Å². The molecule has 2 atom stereocenters. The molecule has 0 saturated heterocycles. The van der Waals surface area contributed by atoms with E-state index in [-0.39, 0.29) is 0 Å². The molecule has 1 saturated carbocycles. The van der Waals surface area contributed by atoms with Gasteiger partial charge in [0.25, 0.3) is 0 Å². The third-order valence-electron chi connectivity index (χ3n) is 4.02. The lowest BCUT2D eigenvalue weighted by atomic mass is 10.1. The number of nitrogens with one attached hydrogen (secondary N) is 1. The summed E-state index contributed by atoms with van der Waals surface area (Å²) in [4.78, 5) is 0. The van der Waals surface area contributed by atoms with Gasteiger partial charge in [-0.3, -0.25) is 0 Å². The molecule has 1 fully saturated rings. The number of fused-ring (bicyclic) bond motifs is 1. The van der Waals surface area contributed by atoms with Crippen molar-refractivity contribution in [3.05, 3.63) is 29.3 Å². The monoisotopic (exact) mass is 231 g/mol. The van der Waals surface area contributed by atoms with Crippen LogP contribution < -0.4 is 10.1 Å². The van der Waals surface area contributed by atoms with E-state index in [1.165, 1.54) is 24.0 Å². The second-order valence-corrected chi connectivity index (χ2v) is 5.26. The van der Waals surface area contributed by atoms with Crippen molar-refractivity contribution in [3.63, 3.8) is 0 Å². The van der Waals surface area contributed by atoms with E-state index in [1.807, 2.05) is 0 Å². The van der Waals surface area contributed by atoms with Gasteiger partial charge < -0.3 is 10.1 Å². The first kappa shape index (κ1) is 11.1. The Morgan fingerprint density at radius 2 is 2.35 bits per heavy atom. The fourth-order valence-corrected chi connectivity index (χ4v) is 2.75. The van der Waals surface area contributed by atoms with Crippen LogP contribution in [-0.2, 0) is 12.8 Å². The zero-order valence-corrected chi connectivity index (χ0v) is 10.5. The molecular formula is C15H21NO. The average molecular weight is 231 g/mol. The lowest BCUT2D eigenvalue weighted by Crippen LogP contribution is -2.21. The van der Waals surface area contributed by atoms with Gasteiger partial charge in [-0.05, 0) is 42.5 Å². The Labute approximate surface area is 103 Å². The van der Waals surface area contributed by atoms with Gasteiger partial charge in [0.15, 0.2) is 0 Å². The smallest absolute Gasteiger partial charge is 0.122 e. The summed E-state index contributed by atoms with van der Waals surface area (Å²) in [5.41, 5.74) is 2.83. The Kier molecular flexibility index (Phi) is 3.06. The van der Waals surface area contributed by atoms with Crippen molar-refractivity contribution in [1.29, 1.82) is 0 Å². The first-order valence-electron chi connectivity index (χ1n) is 6.85. The summed E-state index contributed by atoms with van der Waals surface area (Å²) in [5.74, 6) is 2.04. The highest BCUT2D eigenvalue weighted by atomic mass is 16.5. The summed E-state index contributed by atoms with van der Waals surface area (Å²) >= 11 is 0. The van der Waals surface area contributed by atoms with Gasteiger partial charge >= 0.3 is 0 Å². The molecule has 1 N–H and O–H groups in total. The van der Waals surface area contributed by atoms with Crippen LogP contribution in [0.2, 0.25) is 0 Å². The van der Waals surface area contributed by atoms with Crippen LogP contribution in [0.1, 0.15) is 30.9 Å². The van der Waals surface area contributed by atoms with E-state index in [2.05, 4.69) is 30.4 Å². The molecule has 0 amide bonds. The topological polar surface area (TPSA) is 21.3 Å². The molecule has 1 aromatic rings. The van der Waals surface area contributed by atoms with E-state index in [9.17, 15) is 0 Å². The number of hydrogen-bond donors (Lipinski definition) is 1. The maximum absolute atomic E-state index is 5.52. The quantitative estimate of drug-likeness (QED) is 0.841. The van der Waals surface area contributed by atoms with Crippen molar-refractivity contribution in [2.75, 3.05) is 13.2 Å². The second-order valence-electron chi connectivity index (χ2n) is 5.26. The molecule has 1 aromatic carbocycles. The SMILES string of the molecule is CCC1CC1NCCc1ccc2c(c1)CCO2. The van der Waals surface area contributed by atoms with E-state index < -0.39 is 0 Å². The fourth-order valence-electron chi connectivity index (χ4n) is 2.75. The highest BCUT2D eigenvalue weighted by Crippen LogP contribution is 2.33. The van der Waals surface area contributed by atoms with Crippen molar-refractivity contribution in [2.24, 2.45) is 5.92 Å². The highest BCUT2D eigenvalue weighted by molar-refractivity contribution is 5.39. The lowest BCUT2D eigenvalue weighted by molar-refractivity contribution is 0.357. The second kappa shape index (κ2) is 4.69. The van der Waals surface area contributed by atoms with Gasteiger partial charge in [-0.25, -0.2) is 0 Å². The van der Waals surface area contributed by atoms with Gasteiger partial charge in [0.1, 0.15) is 5.75 Å². The summed E-state index contributed by atoms with van der Waals surface area (Å²) in [5, 5.41) is 3.64. The molecule has 0 aromatic heterocycles. The minimum atomic E-state index is 0.803. The summed E-state index contributed by atoms with van der Waals surface area (Å²) in [6, 6.07) is 7.45. The van der Waals surface area contributed by atoms with Crippen LogP contribution in [0.15, 0.2) is 18.2 Å². The van der Waals surface area contributed by atoms with Gasteiger partial charge in [0, 0.05) is 12.5 Å². The summed E-state index contributed by atoms with van der Waals surface area (Å²) in [6.45, 7) is 4.25. The Morgan fingerprint density at radius 3 is 3.18 bits per heavy atom. The molecule has 2 aliphatic rings. The molecule has 92 valence electrons. The number of rotatable bonds is 5. The van der Waals surface area contributed by atoms with Gasteiger partial charge in [-0.2, -0.15) is 0 Å². The highest BCUT2D eigenvalue weighted by Gasteiger charge is 2.34. The molecule has 1 heterocycles. The maximum Gasteiger partial charge on any atom is 0.122 e. The van der Waals surface area contributed by atoms with E-state index in [4.69, 9.17) is 4.74 Å². The standard InChI is InChI=1S/C15H21NO/c1-2-12-10-14(12)16-7-5-11-3-4-15-13(9-11)6-8-17-15/h3-4,9,12,14,16H,2,5-8,10H2,1H3. The summed E-state index contributed by atoms with van der Waals surface area (Å²) in [6.07, 6.45) is 4.93. The van der Waals surface area contributed by atoms with Crippen LogP contribution in [0.25, 0.3) is 0 Å². The van der Waals surface area contributed by atoms with Crippen molar-refractivity contribution in [3.8, 4) is 5.75 Å². The van der Waals surface area contributed by atoms with Crippen LogP contribution in [0.4, 0.5) is 0 Å². The van der Waals surface area contributed by atoms with Crippen molar-refractivity contribution < 1.29 is 4.74 Å². The molecule has 2 heteroatoms. The fraction of sp³-hybridized carbons (Fsp3) is 0.600. The molecule has 3 rings (SSSR count). The first-order valence-corrected chi connectivity index (χ1v) is 6.85. The van der Waals surface area contributed by atoms with Crippen LogP contribution in [0.3, 0.4) is 0 Å². The average Bonchev–Trinajstić information content (AvgIpc) is 2.95. The van der Waals surface area contributed by atoms with Gasteiger partial charge in [0.2, 0.25) is 0 Å². The molecule has 17 heavy (non-hydrogen) atoms. The third-order valence-corrected chi connectivity index (χ3v) is 4.02. The first-order chi connectivity index (χ1) is 8.36. The summed E-state index contributed by atoms with van der Waals surface area (Å²) in [7, 11) is 0. The van der Waals surface area contributed by atoms with E-state index in [1.54, 1.807) is 0 Å². The zero-order valence-electron chi connectivity index (χ0n) is 10.5. The minimum absolute atomic E-state index is 0.803. The molecule has 2 nitrogen and oxygen atoms in total. The van der Waals surface area contributed by atoms with Crippen molar-refractivity contribution in [1.82, 2.24) is 5.32 Å². The molecule has 2 unspecified atom stereocenters. The zero-order chi connectivity index (χ0) is 11.7. The Morgan fingerprint density at radius 1 is 1.41 bits per heavy atom. The van der Waals surface area contributed by atoms with Crippen LogP contribution in [0.5, 0.6) is 5.75 Å². The van der Waals surface area contributed by atoms with Crippen molar-refractivity contribution >= 4 is 0 Å². The number of ether oxygens (including phenoxy) is 1. The van der Waals surface area contributed by atoms with Gasteiger partial charge in [-0.1, -0.05) is 25.5 Å². The van der Waals surface area contributed by atoms with E-state index in [0.29, 0.717) is 0 Å². The van der Waals surface area contributed by atoms with Crippen LogP contribution in [-0.4, -0.2) is 19.2 Å². The molecule has 0 spiro atoms. The normalized spacial score (nSPS) is 25.5. The molecular weight excluding hydrogens is 210 g/mol. The van der Waals surface area contributed by atoms with E-state index >= 15 is 0 Å². The van der Waals surface area contributed by atoms with Gasteiger partial charge in [-0.15, -0.1) is 0 Å². The Balaban J connectivity index is 1.49. The predicted molar refractivity (Wildman–Crippen MR) is 69.5 cm³/mol. The predicted octanol–water partition coefficient (Wildman–Crippen LogP) is 2.55. The molecule has 0 radical (unpaired) electrons. The maximum atomic E-state index is 5.52. The minimum Gasteiger partial charge on any atom is -0.493 e. The lowest BCUT2D eigenvalue weighted by Gasteiger charge is -2.06. The third kappa shape index (κ3) is 2.47. The number of hydrogen-bond acceptors (Lipinski definition) is 2. The molecule has 1 aliphatic heterocycles. The molecule has 1 aliphatic carbocycles. The Hall–Kier alpha value is -1.02. The summed E-state index contributed by atoms with van der Waals surface area (Å²) < 4.78 is 5.52. The van der Waals surface area contributed by atoms with Crippen LogP contribution >= 0.6 is 0 Å². The molecule has 0 bridgehead atoms.